The van der Waals surface area contributed by atoms with Crippen LogP contribution < -0.4 is 0 Å². The van der Waals surface area contributed by atoms with E-state index in [-0.39, 0.29) is 22.0 Å². The van der Waals surface area contributed by atoms with Gasteiger partial charge in [0.05, 0.1) is 0 Å². The predicted octanol–water partition coefficient (Wildman–Crippen LogP) is 5.18. The van der Waals surface area contributed by atoms with Crippen molar-refractivity contribution in [3.63, 3.8) is 0 Å². The van der Waals surface area contributed by atoms with Gasteiger partial charge in [-0.25, -0.2) is 0 Å². The Labute approximate surface area is 119 Å². The fraction of sp³-hybridized carbons (Fsp3) is 0.722. The molecule has 0 bridgehead atoms. The molecular formula is C18H30O. The summed E-state index contributed by atoms with van der Waals surface area (Å²) in [5.74, 6) is 0.564. The van der Waals surface area contributed by atoms with Gasteiger partial charge in [-0.1, -0.05) is 74.5 Å². The van der Waals surface area contributed by atoms with Gasteiger partial charge in [0.1, 0.15) is 0 Å². The van der Waals surface area contributed by atoms with Gasteiger partial charge in [-0.15, -0.1) is 0 Å². The van der Waals surface area contributed by atoms with Crippen molar-refractivity contribution in [3.8, 4) is 0 Å². The molecule has 0 spiro atoms. The van der Waals surface area contributed by atoms with Crippen molar-refractivity contribution in [1.82, 2.24) is 0 Å². The number of ketones is 1. The molecule has 0 N–H and O–H groups in total. The lowest BCUT2D eigenvalue weighted by atomic mass is 9.66. The molecule has 108 valence electrons. The molecule has 1 heteroatoms. The van der Waals surface area contributed by atoms with Crippen molar-refractivity contribution in [2.75, 3.05) is 0 Å². The van der Waals surface area contributed by atoms with Crippen LogP contribution in [-0.4, -0.2) is 5.78 Å². The third-order valence-corrected chi connectivity index (χ3v) is 3.80. The van der Waals surface area contributed by atoms with Gasteiger partial charge >= 0.3 is 0 Å². The van der Waals surface area contributed by atoms with E-state index >= 15 is 0 Å². The normalized spacial score (nSPS) is 19.3. The summed E-state index contributed by atoms with van der Waals surface area (Å²) in [6.07, 6.45) is 4.38. The Morgan fingerprint density at radius 1 is 0.737 bits per heavy atom. The maximum Gasteiger partial charge on any atom is 0.185 e. The number of allylic oxidation sites excluding steroid dienone is 4. The van der Waals surface area contributed by atoms with Crippen LogP contribution in [0.3, 0.4) is 0 Å². The summed E-state index contributed by atoms with van der Waals surface area (Å²) in [6.45, 7) is 19.5. The maximum absolute atomic E-state index is 12.8. The molecule has 0 aromatic heterocycles. The lowest BCUT2D eigenvalue weighted by Gasteiger charge is -2.37. The van der Waals surface area contributed by atoms with E-state index in [0.717, 1.165) is 11.1 Å². The highest BCUT2D eigenvalue weighted by molar-refractivity contribution is 6.10. The summed E-state index contributed by atoms with van der Waals surface area (Å²) in [6, 6.07) is 0. The Morgan fingerprint density at radius 3 is 1.26 bits per heavy atom. The smallest absolute Gasteiger partial charge is 0.185 e. The largest absolute Gasteiger partial charge is 0.289 e. The van der Waals surface area contributed by atoms with Gasteiger partial charge in [0, 0.05) is 17.1 Å². The van der Waals surface area contributed by atoms with E-state index in [2.05, 4.69) is 74.5 Å². The maximum atomic E-state index is 12.8. The summed E-state index contributed by atoms with van der Waals surface area (Å²) in [5, 5.41) is 0. The molecule has 1 rings (SSSR count). The second-order valence-corrected chi connectivity index (χ2v) is 8.88. The van der Waals surface area contributed by atoms with Gasteiger partial charge in [-0.05, 0) is 16.2 Å². The lowest BCUT2D eigenvalue weighted by molar-refractivity contribution is -0.114. The van der Waals surface area contributed by atoms with E-state index in [9.17, 15) is 4.79 Å². The minimum Gasteiger partial charge on any atom is -0.289 e. The van der Waals surface area contributed by atoms with Crippen LogP contribution in [0.1, 0.15) is 62.3 Å². The number of Topliss-reactive ketones (excluding diaryl/α,β-unsaturated/α-hetero) is 1. The zero-order chi connectivity index (χ0) is 15.2. The summed E-state index contributed by atoms with van der Waals surface area (Å²) >= 11 is 0. The fourth-order valence-corrected chi connectivity index (χ4v) is 2.38. The molecular weight excluding hydrogens is 232 g/mol. The van der Waals surface area contributed by atoms with E-state index < -0.39 is 0 Å². The summed E-state index contributed by atoms with van der Waals surface area (Å²) < 4.78 is 0. The topological polar surface area (TPSA) is 17.1 Å². The van der Waals surface area contributed by atoms with Crippen LogP contribution in [0.5, 0.6) is 0 Å². The summed E-state index contributed by atoms with van der Waals surface area (Å²) in [7, 11) is 0. The van der Waals surface area contributed by atoms with Crippen LogP contribution in [0, 0.1) is 22.2 Å². The van der Waals surface area contributed by atoms with E-state index in [4.69, 9.17) is 0 Å². The van der Waals surface area contributed by atoms with E-state index in [1.807, 2.05) is 0 Å². The zero-order valence-corrected chi connectivity index (χ0v) is 14.1. The van der Waals surface area contributed by atoms with Crippen molar-refractivity contribution in [3.05, 3.63) is 23.3 Å². The minimum atomic E-state index is -0.0919. The molecule has 0 fully saturated rings. The molecule has 0 atom stereocenters. The average molecular weight is 262 g/mol. The third-order valence-electron chi connectivity index (χ3n) is 3.80. The summed E-state index contributed by atoms with van der Waals surface area (Å²) in [5.41, 5.74) is 1.91. The first-order valence-electron chi connectivity index (χ1n) is 7.24. The van der Waals surface area contributed by atoms with Crippen LogP contribution in [0.2, 0.25) is 0 Å². The highest BCUT2D eigenvalue weighted by Crippen LogP contribution is 2.43. The molecule has 0 heterocycles. The Kier molecular flexibility index (Phi) is 3.93. The van der Waals surface area contributed by atoms with Gasteiger partial charge in [0.2, 0.25) is 0 Å². The molecule has 0 aromatic rings. The van der Waals surface area contributed by atoms with Crippen molar-refractivity contribution < 1.29 is 4.79 Å². The molecule has 0 radical (unpaired) electrons. The Balaban J connectivity index is 3.39. The molecule has 0 aliphatic heterocycles. The molecule has 19 heavy (non-hydrogen) atoms. The second kappa shape index (κ2) is 4.61. The molecule has 1 nitrogen and oxygen atoms in total. The van der Waals surface area contributed by atoms with Gasteiger partial charge in [0.25, 0.3) is 0 Å². The Bertz CT molecular complexity index is 394. The number of carbonyl (C=O) groups is 1. The van der Waals surface area contributed by atoms with Crippen LogP contribution >= 0.6 is 0 Å². The summed E-state index contributed by atoms with van der Waals surface area (Å²) in [4.78, 5) is 12.8. The minimum absolute atomic E-state index is 0.0919. The molecule has 1 aliphatic rings. The number of hydrogen-bond donors (Lipinski definition) is 0. The van der Waals surface area contributed by atoms with Crippen LogP contribution in [0.4, 0.5) is 0 Å². The number of rotatable bonds is 0. The molecule has 0 aromatic carbocycles. The van der Waals surface area contributed by atoms with Crippen molar-refractivity contribution in [1.29, 1.82) is 0 Å². The molecule has 1 aliphatic carbocycles. The van der Waals surface area contributed by atoms with E-state index in [1.54, 1.807) is 0 Å². The lowest BCUT2D eigenvalue weighted by Crippen LogP contribution is -2.32. The van der Waals surface area contributed by atoms with Gasteiger partial charge < -0.3 is 0 Å². The zero-order valence-electron chi connectivity index (χ0n) is 14.1. The van der Waals surface area contributed by atoms with Crippen molar-refractivity contribution in [2.45, 2.75) is 62.3 Å². The third kappa shape index (κ3) is 3.58. The predicted molar refractivity (Wildman–Crippen MR) is 83.0 cm³/mol. The van der Waals surface area contributed by atoms with Crippen molar-refractivity contribution >= 4 is 5.78 Å². The monoisotopic (exact) mass is 262 g/mol. The fourth-order valence-electron chi connectivity index (χ4n) is 2.38. The molecule has 0 saturated heterocycles. The molecule has 0 unspecified atom stereocenters. The van der Waals surface area contributed by atoms with Gasteiger partial charge in [0.15, 0.2) is 5.78 Å². The highest BCUT2D eigenvalue weighted by Gasteiger charge is 2.37. The quantitative estimate of drug-likeness (QED) is 0.588. The van der Waals surface area contributed by atoms with Crippen molar-refractivity contribution in [2.24, 2.45) is 22.2 Å². The Morgan fingerprint density at radius 2 is 1.05 bits per heavy atom. The van der Waals surface area contributed by atoms with E-state index in [0.29, 0.717) is 5.92 Å². The average Bonchev–Trinajstić information content (AvgIpc) is 2.11. The van der Waals surface area contributed by atoms with Gasteiger partial charge in [-0.2, -0.15) is 0 Å². The number of hydrogen-bond acceptors (Lipinski definition) is 1. The molecule has 0 amide bonds. The highest BCUT2D eigenvalue weighted by atomic mass is 16.1. The second-order valence-electron chi connectivity index (χ2n) is 8.88. The first-order valence-corrected chi connectivity index (χ1v) is 7.24. The van der Waals surface area contributed by atoms with Crippen LogP contribution in [0.15, 0.2) is 23.3 Å². The number of carbonyl (C=O) groups excluding carboxylic acids is 1. The standard InChI is InChI=1S/C18H30O/c1-16(2,3)12-10-13(17(4,5)6)15(19)14(11-12)18(7,8)9/h10-12H,1-9H3. The van der Waals surface area contributed by atoms with Crippen LogP contribution in [0.25, 0.3) is 0 Å². The SMILES string of the molecule is CC(C)(C)C1=CC(C(C)(C)C)C=C(C(C)(C)C)C1=O. The van der Waals surface area contributed by atoms with Gasteiger partial charge in [-0.3, -0.25) is 4.79 Å². The first-order chi connectivity index (χ1) is 8.24. The van der Waals surface area contributed by atoms with E-state index in [1.165, 1.54) is 0 Å². The Hall–Kier alpha value is -0.850. The first kappa shape index (κ1) is 16.2. The van der Waals surface area contributed by atoms with Crippen LogP contribution in [-0.2, 0) is 4.79 Å². The molecule has 0 saturated carbocycles.